The highest BCUT2D eigenvalue weighted by atomic mass is 16.5. The number of hydrogen-bond acceptors (Lipinski definition) is 4. The van der Waals surface area contributed by atoms with Gasteiger partial charge in [0.25, 0.3) is 0 Å². The van der Waals surface area contributed by atoms with Crippen molar-refractivity contribution in [2.45, 2.75) is 38.3 Å². The van der Waals surface area contributed by atoms with Gasteiger partial charge in [-0.05, 0) is 13.3 Å². The summed E-state index contributed by atoms with van der Waals surface area (Å²) in [5.74, 6) is 0.123. The van der Waals surface area contributed by atoms with E-state index in [-0.39, 0.29) is 17.9 Å². The standard InChI is InChI=1S/C12H20N2O3/c1-9(7-12(16)17-2)13-5-6-14-10(8-13)3-4-11(14)15/h9-10H,3-8H2,1-2H3. The third-order valence-electron chi connectivity index (χ3n) is 3.84. The second-order valence-corrected chi connectivity index (χ2v) is 4.90. The topological polar surface area (TPSA) is 49.9 Å². The van der Waals surface area contributed by atoms with Gasteiger partial charge in [0.05, 0.1) is 13.5 Å². The first-order valence-corrected chi connectivity index (χ1v) is 6.22. The van der Waals surface area contributed by atoms with Gasteiger partial charge in [-0.3, -0.25) is 14.5 Å². The molecule has 0 aromatic rings. The molecular weight excluding hydrogens is 220 g/mol. The predicted molar refractivity (Wildman–Crippen MR) is 62.4 cm³/mol. The molecule has 2 atom stereocenters. The molecule has 2 unspecified atom stereocenters. The number of carbonyl (C=O) groups excluding carboxylic acids is 2. The summed E-state index contributed by atoms with van der Waals surface area (Å²) in [6, 6.07) is 0.552. The Kier molecular flexibility index (Phi) is 3.66. The summed E-state index contributed by atoms with van der Waals surface area (Å²) in [5.41, 5.74) is 0. The normalized spacial score (nSPS) is 26.8. The number of nitrogens with zero attached hydrogens (tertiary/aromatic N) is 2. The van der Waals surface area contributed by atoms with Gasteiger partial charge in [0, 0.05) is 38.1 Å². The molecule has 0 aromatic heterocycles. The van der Waals surface area contributed by atoms with Crippen LogP contribution in [-0.2, 0) is 14.3 Å². The van der Waals surface area contributed by atoms with Gasteiger partial charge in [-0.15, -0.1) is 0 Å². The van der Waals surface area contributed by atoms with Crippen LogP contribution in [0.3, 0.4) is 0 Å². The van der Waals surface area contributed by atoms with E-state index in [9.17, 15) is 9.59 Å². The van der Waals surface area contributed by atoms with Crippen molar-refractivity contribution in [2.24, 2.45) is 0 Å². The number of piperazine rings is 1. The zero-order chi connectivity index (χ0) is 12.4. The monoisotopic (exact) mass is 240 g/mol. The van der Waals surface area contributed by atoms with Crippen LogP contribution in [0.5, 0.6) is 0 Å². The Morgan fingerprint density at radius 3 is 3.00 bits per heavy atom. The molecule has 0 spiro atoms. The van der Waals surface area contributed by atoms with Crippen LogP contribution in [0.2, 0.25) is 0 Å². The molecule has 2 saturated heterocycles. The van der Waals surface area contributed by atoms with E-state index in [1.807, 2.05) is 11.8 Å². The first-order valence-electron chi connectivity index (χ1n) is 6.22. The van der Waals surface area contributed by atoms with Crippen LogP contribution in [0.4, 0.5) is 0 Å². The van der Waals surface area contributed by atoms with E-state index in [0.29, 0.717) is 18.9 Å². The molecule has 2 aliphatic heterocycles. The lowest BCUT2D eigenvalue weighted by Gasteiger charge is -2.40. The van der Waals surface area contributed by atoms with Crippen molar-refractivity contribution in [1.82, 2.24) is 9.80 Å². The van der Waals surface area contributed by atoms with Gasteiger partial charge < -0.3 is 9.64 Å². The highest BCUT2D eigenvalue weighted by Crippen LogP contribution is 2.24. The van der Waals surface area contributed by atoms with Crippen molar-refractivity contribution in [2.75, 3.05) is 26.7 Å². The van der Waals surface area contributed by atoms with Gasteiger partial charge in [-0.1, -0.05) is 0 Å². The third-order valence-corrected chi connectivity index (χ3v) is 3.84. The Labute approximate surface area is 102 Å². The highest BCUT2D eigenvalue weighted by molar-refractivity contribution is 5.79. The fourth-order valence-electron chi connectivity index (χ4n) is 2.74. The fraction of sp³-hybridized carbons (Fsp3) is 0.833. The molecule has 0 aromatic carbocycles. The minimum atomic E-state index is -0.164. The molecule has 1 amide bonds. The quantitative estimate of drug-likeness (QED) is 0.663. The average Bonchev–Trinajstić information content (AvgIpc) is 2.70. The van der Waals surface area contributed by atoms with Crippen molar-refractivity contribution in [3.8, 4) is 0 Å². The van der Waals surface area contributed by atoms with E-state index in [1.165, 1.54) is 7.11 Å². The zero-order valence-corrected chi connectivity index (χ0v) is 10.5. The largest absolute Gasteiger partial charge is 0.469 e. The lowest BCUT2D eigenvalue weighted by atomic mass is 10.1. The molecular formula is C12H20N2O3. The van der Waals surface area contributed by atoms with Gasteiger partial charge in [-0.2, -0.15) is 0 Å². The zero-order valence-electron chi connectivity index (χ0n) is 10.5. The lowest BCUT2D eigenvalue weighted by Crippen LogP contribution is -2.54. The first kappa shape index (κ1) is 12.4. The molecule has 2 fully saturated rings. The Morgan fingerprint density at radius 2 is 2.29 bits per heavy atom. The number of rotatable bonds is 3. The number of carbonyl (C=O) groups is 2. The predicted octanol–water partition coefficient (Wildman–Crippen LogP) is 0.245. The molecule has 0 saturated carbocycles. The average molecular weight is 240 g/mol. The fourth-order valence-corrected chi connectivity index (χ4v) is 2.74. The number of esters is 1. The number of methoxy groups -OCH3 is 1. The summed E-state index contributed by atoms with van der Waals surface area (Å²) in [7, 11) is 1.42. The number of amides is 1. The summed E-state index contributed by atoms with van der Waals surface area (Å²) < 4.78 is 4.69. The lowest BCUT2D eigenvalue weighted by molar-refractivity contribution is -0.142. The molecule has 0 aliphatic carbocycles. The second-order valence-electron chi connectivity index (χ2n) is 4.90. The SMILES string of the molecule is COC(=O)CC(C)N1CCN2C(=O)CCC2C1. The van der Waals surface area contributed by atoms with Gasteiger partial charge in [0.1, 0.15) is 0 Å². The summed E-state index contributed by atoms with van der Waals surface area (Å²) >= 11 is 0. The van der Waals surface area contributed by atoms with Crippen LogP contribution in [0.15, 0.2) is 0 Å². The van der Waals surface area contributed by atoms with Gasteiger partial charge >= 0.3 is 5.97 Å². The molecule has 0 bridgehead atoms. The molecule has 0 radical (unpaired) electrons. The van der Waals surface area contributed by atoms with E-state index in [0.717, 1.165) is 26.1 Å². The summed E-state index contributed by atoms with van der Waals surface area (Å²) in [6.07, 6.45) is 2.07. The van der Waals surface area contributed by atoms with Crippen LogP contribution < -0.4 is 0 Å². The summed E-state index contributed by atoms with van der Waals surface area (Å²) in [5, 5.41) is 0. The third kappa shape index (κ3) is 2.60. The maximum Gasteiger partial charge on any atom is 0.307 e. The summed E-state index contributed by atoms with van der Waals surface area (Å²) in [6.45, 7) is 4.60. The molecule has 96 valence electrons. The molecule has 5 heteroatoms. The Hall–Kier alpha value is -1.10. The molecule has 2 rings (SSSR count). The second kappa shape index (κ2) is 5.04. The molecule has 17 heavy (non-hydrogen) atoms. The van der Waals surface area contributed by atoms with Crippen LogP contribution >= 0.6 is 0 Å². The van der Waals surface area contributed by atoms with Crippen molar-refractivity contribution >= 4 is 11.9 Å². The molecule has 2 heterocycles. The van der Waals surface area contributed by atoms with Crippen molar-refractivity contribution < 1.29 is 14.3 Å². The highest BCUT2D eigenvalue weighted by Gasteiger charge is 2.36. The molecule has 0 N–H and O–H groups in total. The Morgan fingerprint density at radius 1 is 1.53 bits per heavy atom. The molecule has 5 nitrogen and oxygen atoms in total. The maximum absolute atomic E-state index is 11.5. The van der Waals surface area contributed by atoms with E-state index in [4.69, 9.17) is 0 Å². The Balaban J connectivity index is 1.88. The van der Waals surface area contributed by atoms with E-state index >= 15 is 0 Å². The maximum atomic E-state index is 11.5. The van der Waals surface area contributed by atoms with Crippen LogP contribution in [0.25, 0.3) is 0 Å². The van der Waals surface area contributed by atoms with Crippen molar-refractivity contribution in [3.63, 3.8) is 0 Å². The first-order chi connectivity index (χ1) is 8.11. The molecule has 2 aliphatic rings. The van der Waals surface area contributed by atoms with Crippen LogP contribution in [-0.4, -0.2) is 60.5 Å². The smallest absolute Gasteiger partial charge is 0.307 e. The van der Waals surface area contributed by atoms with Crippen molar-refractivity contribution in [1.29, 1.82) is 0 Å². The van der Waals surface area contributed by atoms with Gasteiger partial charge in [0.2, 0.25) is 5.91 Å². The van der Waals surface area contributed by atoms with Crippen LogP contribution in [0.1, 0.15) is 26.2 Å². The number of fused-ring (bicyclic) bond motifs is 1. The van der Waals surface area contributed by atoms with Crippen LogP contribution in [0, 0.1) is 0 Å². The van der Waals surface area contributed by atoms with E-state index < -0.39 is 0 Å². The number of ether oxygens (including phenoxy) is 1. The number of hydrogen-bond donors (Lipinski definition) is 0. The summed E-state index contributed by atoms with van der Waals surface area (Å²) in [4.78, 5) is 27.0. The van der Waals surface area contributed by atoms with E-state index in [2.05, 4.69) is 9.64 Å². The van der Waals surface area contributed by atoms with Crippen molar-refractivity contribution in [3.05, 3.63) is 0 Å². The Bertz CT molecular complexity index is 319. The minimum Gasteiger partial charge on any atom is -0.469 e. The minimum absolute atomic E-state index is 0.164. The van der Waals surface area contributed by atoms with Gasteiger partial charge in [0.15, 0.2) is 0 Å². The van der Waals surface area contributed by atoms with Gasteiger partial charge in [-0.25, -0.2) is 0 Å². The van der Waals surface area contributed by atoms with E-state index in [1.54, 1.807) is 0 Å².